The van der Waals surface area contributed by atoms with Crippen LogP contribution in [0.15, 0.2) is 0 Å². The Morgan fingerprint density at radius 1 is 1.21 bits per heavy atom. The van der Waals surface area contributed by atoms with Crippen molar-refractivity contribution in [2.75, 3.05) is 18.7 Å². The molecule has 2 fully saturated rings. The number of hydrogen-bond acceptors (Lipinski definition) is 1. The van der Waals surface area contributed by atoms with Crippen LogP contribution < -0.4 is 0 Å². The van der Waals surface area contributed by atoms with Gasteiger partial charge in [-0.2, -0.15) is 0 Å². The number of nitrogens with zero attached hydrogens (tertiary/aromatic N) is 2. The SMILES string of the molecule is CCC1CN1P(=O)(CCl)N1CC1CC. The van der Waals surface area contributed by atoms with Gasteiger partial charge in [-0.1, -0.05) is 13.8 Å². The first-order chi connectivity index (χ1) is 6.67. The summed E-state index contributed by atoms with van der Waals surface area (Å²) in [5.41, 5.74) is 0.292. The lowest BCUT2D eigenvalue weighted by Gasteiger charge is -2.19. The van der Waals surface area contributed by atoms with Gasteiger partial charge in [0.1, 0.15) is 5.62 Å². The van der Waals surface area contributed by atoms with Gasteiger partial charge in [-0.15, -0.1) is 11.6 Å². The average Bonchev–Trinajstić information content (AvgIpc) is 3.07. The van der Waals surface area contributed by atoms with Crippen LogP contribution >= 0.6 is 19.0 Å². The Bertz CT molecular complexity index is 252. The third kappa shape index (κ3) is 1.65. The van der Waals surface area contributed by atoms with E-state index in [-0.39, 0.29) is 0 Å². The van der Waals surface area contributed by atoms with Gasteiger partial charge in [0.05, 0.1) is 0 Å². The first kappa shape index (κ1) is 10.9. The van der Waals surface area contributed by atoms with Gasteiger partial charge in [0.15, 0.2) is 0 Å². The largest absolute Gasteiger partial charge is 0.287 e. The van der Waals surface area contributed by atoms with Crippen molar-refractivity contribution in [3.63, 3.8) is 0 Å². The summed E-state index contributed by atoms with van der Waals surface area (Å²) < 4.78 is 16.8. The highest BCUT2D eigenvalue weighted by atomic mass is 35.5. The van der Waals surface area contributed by atoms with Crippen LogP contribution in [0.2, 0.25) is 0 Å². The van der Waals surface area contributed by atoms with Crippen LogP contribution in [0.5, 0.6) is 0 Å². The maximum absolute atomic E-state index is 12.6. The second-order valence-corrected chi connectivity index (χ2v) is 7.47. The topological polar surface area (TPSA) is 23.1 Å². The predicted molar refractivity (Wildman–Crippen MR) is 59.9 cm³/mol. The molecular formula is C9H18ClN2OP. The van der Waals surface area contributed by atoms with Crippen LogP contribution in [-0.4, -0.2) is 40.1 Å². The van der Waals surface area contributed by atoms with Crippen LogP contribution in [0.4, 0.5) is 0 Å². The first-order valence-corrected chi connectivity index (χ1v) is 7.69. The molecule has 14 heavy (non-hydrogen) atoms. The van der Waals surface area contributed by atoms with Gasteiger partial charge < -0.3 is 0 Å². The van der Waals surface area contributed by atoms with E-state index in [9.17, 15) is 4.57 Å². The summed E-state index contributed by atoms with van der Waals surface area (Å²) in [5.74, 6) is 0. The van der Waals surface area contributed by atoms with Crippen molar-refractivity contribution < 1.29 is 4.57 Å². The van der Waals surface area contributed by atoms with Gasteiger partial charge in [-0.3, -0.25) is 4.57 Å². The van der Waals surface area contributed by atoms with E-state index < -0.39 is 7.44 Å². The summed E-state index contributed by atoms with van der Waals surface area (Å²) in [4.78, 5) is 0. The highest BCUT2D eigenvalue weighted by Gasteiger charge is 2.55. The standard InChI is InChI=1S/C9H18ClN2OP/c1-3-8-5-11(8)14(13,7-10)12-6-9(12)4-2/h8-9H,3-7H2,1-2H3. The van der Waals surface area contributed by atoms with Gasteiger partial charge >= 0.3 is 0 Å². The number of hydrogen-bond donors (Lipinski definition) is 0. The molecule has 0 aromatic carbocycles. The van der Waals surface area contributed by atoms with Crippen LogP contribution in [0.3, 0.4) is 0 Å². The number of rotatable bonds is 5. The minimum atomic E-state index is -2.34. The second-order valence-electron chi connectivity index (χ2n) is 4.15. The Hall–Kier alpha value is 0.440. The maximum atomic E-state index is 12.6. The molecule has 2 rings (SSSR count). The molecule has 0 aromatic rings. The Morgan fingerprint density at radius 2 is 1.64 bits per heavy atom. The van der Waals surface area contributed by atoms with E-state index >= 15 is 0 Å². The van der Waals surface area contributed by atoms with Crippen LogP contribution in [-0.2, 0) is 4.57 Å². The Labute approximate surface area is 90.9 Å². The first-order valence-electron chi connectivity index (χ1n) is 5.36. The van der Waals surface area contributed by atoms with E-state index in [1.807, 2.05) is 0 Å². The molecule has 2 aliphatic heterocycles. The Kier molecular flexibility index (Phi) is 2.96. The summed E-state index contributed by atoms with van der Waals surface area (Å²) in [6.45, 7) is 6.24. The van der Waals surface area contributed by atoms with Crippen molar-refractivity contribution in [2.24, 2.45) is 0 Å². The fourth-order valence-electron chi connectivity index (χ4n) is 2.07. The zero-order valence-corrected chi connectivity index (χ0v) is 10.5. The van der Waals surface area contributed by atoms with E-state index in [0.29, 0.717) is 17.7 Å². The summed E-state index contributed by atoms with van der Waals surface area (Å²) in [7, 11) is -2.34. The Balaban J connectivity index is 2.01. The van der Waals surface area contributed by atoms with E-state index in [4.69, 9.17) is 11.6 Å². The molecule has 0 aromatic heterocycles. The zero-order chi connectivity index (χ0) is 10.3. The second kappa shape index (κ2) is 3.79. The van der Waals surface area contributed by atoms with Crippen LogP contribution in [0.25, 0.3) is 0 Å². The normalized spacial score (nSPS) is 44.5. The van der Waals surface area contributed by atoms with Crippen molar-refractivity contribution in [1.29, 1.82) is 0 Å². The lowest BCUT2D eigenvalue weighted by molar-refractivity contribution is 0.502. The van der Waals surface area contributed by atoms with Gasteiger partial charge in [-0.25, -0.2) is 9.34 Å². The lowest BCUT2D eigenvalue weighted by atomic mass is 10.4. The monoisotopic (exact) mass is 236 g/mol. The van der Waals surface area contributed by atoms with E-state index in [2.05, 4.69) is 23.2 Å². The van der Waals surface area contributed by atoms with Crippen molar-refractivity contribution in [1.82, 2.24) is 9.34 Å². The molecule has 2 heterocycles. The molecule has 4 unspecified atom stereocenters. The molecule has 0 amide bonds. The van der Waals surface area contributed by atoms with Crippen LogP contribution in [0.1, 0.15) is 26.7 Å². The van der Waals surface area contributed by atoms with Crippen molar-refractivity contribution in [3.05, 3.63) is 0 Å². The smallest absolute Gasteiger partial charge is 0.231 e. The fraction of sp³-hybridized carbons (Fsp3) is 1.00. The molecule has 0 aliphatic carbocycles. The molecule has 0 N–H and O–H groups in total. The number of alkyl halides is 1. The molecule has 0 saturated carbocycles. The number of halogens is 1. The zero-order valence-electron chi connectivity index (χ0n) is 8.82. The molecule has 2 saturated heterocycles. The van der Waals surface area contributed by atoms with Crippen molar-refractivity contribution in [3.8, 4) is 0 Å². The predicted octanol–water partition coefficient (Wildman–Crippen LogP) is 2.56. The van der Waals surface area contributed by atoms with Gasteiger partial charge in [0.25, 0.3) is 0 Å². The molecular weight excluding hydrogens is 219 g/mol. The molecule has 0 spiro atoms. The summed E-state index contributed by atoms with van der Waals surface area (Å²) in [6.07, 6.45) is 2.18. The molecule has 3 nitrogen and oxygen atoms in total. The van der Waals surface area contributed by atoms with E-state index in [1.165, 1.54) is 0 Å². The lowest BCUT2D eigenvalue weighted by Crippen LogP contribution is -2.10. The van der Waals surface area contributed by atoms with Gasteiger partial charge in [0, 0.05) is 25.2 Å². The molecule has 5 heteroatoms. The third-order valence-corrected chi connectivity index (χ3v) is 7.10. The van der Waals surface area contributed by atoms with Crippen molar-refractivity contribution >= 4 is 19.0 Å². The molecule has 0 radical (unpaired) electrons. The molecule has 82 valence electrons. The maximum Gasteiger partial charge on any atom is 0.231 e. The summed E-state index contributed by atoms with van der Waals surface area (Å²) in [5, 5.41) is 0. The van der Waals surface area contributed by atoms with Gasteiger partial charge in [0.2, 0.25) is 7.44 Å². The average molecular weight is 237 g/mol. The van der Waals surface area contributed by atoms with E-state index in [0.717, 1.165) is 25.9 Å². The molecule has 2 aliphatic rings. The summed E-state index contributed by atoms with van der Waals surface area (Å²) in [6, 6.07) is 1.05. The van der Waals surface area contributed by atoms with Crippen molar-refractivity contribution in [2.45, 2.75) is 38.8 Å². The van der Waals surface area contributed by atoms with E-state index in [1.54, 1.807) is 0 Å². The fourth-order valence-corrected chi connectivity index (χ4v) is 5.70. The minimum absolute atomic E-state index is 0.292. The highest BCUT2D eigenvalue weighted by molar-refractivity contribution is 7.61. The van der Waals surface area contributed by atoms with Crippen LogP contribution in [0, 0.1) is 0 Å². The Morgan fingerprint density at radius 3 is 1.86 bits per heavy atom. The van der Waals surface area contributed by atoms with Gasteiger partial charge in [-0.05, 0) is 12.8 Å². The molecule has 0 bridgehead atoms. The summed E-state index contributed by atoms with van der Waals surface area (Å²) >= 11 is 5.88. The molecule has 4 atom stereocenters. The third-order valence-electron chi connectivity index (χ3n) is 3.27. The highest BCUT2D eigenvalue weighted by Crippen LogP contribution is 2.65. The quantitative estimate of drug-likeness (QED) is 0.416. The minimum Gasteiger partial charge on any atom is -0.287 e.